The van der Waals surface area contributed by atoms with E-state index in [-0.39, 0.29) is 0 Å². The van der Waals surface area contributed by atoms with Crippen molar-refractivity contribution in [2.45, 2.75) is 12.6 Å². The lowest BCUT2D eigenvalue weighted by Gasteiger charge is -2.35. The van der Waals surface area contributed by atoms with Gasteiger partial charge >= 0.3 is 0 Å². The number of pyridine rings is 2. The lowest BCUT2D eigenvalue weighted by atomic mass is 10.2. The number of piperazine rings is 1. The predicted molar refractivity (Wildman–Crippen MR) is 110 cm³/mol. The van der Waals surface area contributed by atoms with Gasteiger partial charge in [-0.1, -0.05) is 11.8 Å². The number of amides is 2. The Balaban J connectivity index is 1.52. The van der Waals surface area contributed by atoms with Crippen molar-refractivity contribution in [1.29, 1.82) is 0 Å². The molecule has 1 atom stereocenters. The number of nitrogens with one attached hydrogen (secondary N) is 2. The molecule has 0 saturated carbocycles. The standard InChI is InChI=1S/C21H24N6O2/c1-22-20(21(29)25-16-28)5-3-17-2-4-18(24-14-17)15-26-10-12-27(13-11-26)19-6-8-23-9-7-19/h2,4,6-9,14,16,20,22H,10-13,15H2,1H3,(H,25,28,29). The minimum atomic E-state index is -0.753. The number of hydrogen-bond donors (Lipinski definition) is 2. The van der Waals surface area contributed by atoms with Crippen molar-refractivity contribution < 1.29 is 9.59 Å². The van der Waals surface area contributed by atoms with E-state index in [0.29, 0.717) is 6.41 Å². The van der Waals surface area contributed by atoms with Crippen molar-refractivity contribution in [2.75, 3.05) is 38.1 Å². The molecule has 1 fully saturated rings. The molecule has 2 amide bonds. The highest BCUT2D eigenvalue weighted by Crippen LogP contribution is 2.15. The summed E-state index contributed by atoms with van der Waals surface area (Å²) >= 11 is 0. The summed E-state index contributed by atoms with van der Waals surface area (Å²) in [7, 11) is 1.61. The highest BCUT2D eigenvalue weighted by atomic mass is 16.2. The molecular formula is C21H24N6O2. The van der Waals surface area contributed by atoms with Crippen molar-refractivity contribution in [3.63, 3.8) is 0 Å². The van der Waals surface area contributed by atoms with Crippen molar-refractivity contribution in [1.82, 2.24) is 25.5 Å². The summed E-state index contributed by atoms with van der Waals surface area (Å²) < 4.78 is 0. The molecule has 1 saturated heterocycles. The van der Waals surface area contributed by atoms with E-state index in [1.807, 2.05) is 36.7 Å². The Labute approximate surface area is 170 Å². The maximum atomic E-state index is 11.6. The molecule has 0 aliphatic carbocycles. The van der Waals surface area contributed by atoms with Crippen LogP contribution in [-0.2, 0) is 16.1 Å². The molecule has 1 aliphatic rings. The SMILES string of the molecule is CNC(C#Cc1ccc(CN2CCN(c3ccncc3)CC2)nc1)C(=O)NC=O. The van der Waals surface area contributed by atoms with Crippen molar-refractivity contribution >= 4 is 18.0 Å². The minimum Gasteiger partial charge on any atom is -0.369 e. The van der Waals surface area contributed by atoms with Crippen LogP contribution in [0.5, 0.6) is 0 Å². The number of likely N-dealkylation sites (N-methyl/N-ethyl adjacent to an activating group) is 1. The summed E-state index contributed by atoms with van der Waals surface area (Å²) in [6, 6.07) is 7.18. The first-order valence-corrected chi connectivity index (χ1v) is 9.44. The Kier molecular flexibility index (Phi) is 7.28. The topological polar surface area (TPSA) is 90.5 Å². The molecule has 29 heavy (non-hydrogen) atoms. The molecule has 8 nitrogen and oxygen atoms in total. The fourth-order valence-electron chi connectivity index (χ4n) is 3.11. The number of carbonyl (C=O) groups is 2. The van der Waals surface area contributed by atoms with Crippen molar-refractivity contribution in [3.8, 4) is 11.8 Å². The van der Waals surface area contributed by atoms with Crippen LogP contribution in [0.3, 0.4) is 0 Å². The molecule has 3 heterocycles. The van der Waals surface area contributed by atoms with Crippen LogP contribution >= 0.6 is 0 Å². The number of imide groups is 1. The zero-order valence-corrected chi connectivity index (χ0v) is 16.3. The Morgan fingerprint density at radius 1 is 1.21 bits per heavy atom. The highest BCUT2D eigenvalue weighted by Gasteiger charge is 2.17. The third-order valence-corrected chi connectivity index (χ3v) is 4.72. The van der Waals surface area contributed by atoms with Crippen LogP contribution in [0.1, 0.15) is 11.3 Å². The third-order valence-electron chi connectivity index (χ3n) is 4.72. The number of carbonyl (C=O) groups excluding carboxylic acids is 2. The number of rotatable bonds is 6. The quantitative estimate of drug-likeness (QED) is 0.529. The second-order valence-electron chi connectivity index (χ2n) is 6.62. The zero-order valence-electron chi connectivity index (χ0n) is 16.3. The Morgan fingerprint density at radius 3 is 2.59 bits per heavy atom. The van der Waals surface area contributed by atoms with E-state index >= 15 is 0 Å². The first kappa shape index (κ1) is 20.5. The van der Waals surface area contributed by atoms with Crippen molar-refractivity contribution in [3.05, 3.63) is 54.1 Å². The predicted octanol–water partition coefficient (Wildman–Crippen LogP) is 0.0109. The molecule has 2 aromatic heterocycles. The maximum absolute atomic E-state index is 11.6. The average molecular weight is 392 g/mol. The Bertz CT molecular complexity index is 868. The average Bonchev–Trinajstić information content (AvgIpc) is 2.77. The van der Waals surface area contributed by atoms with Crippen LogP contribution in [0.4, 0.5) is 5.69 Å². The van der Waals surface area contributed by atoms with Gasteiger partial charge in [-0.05, 0) is 31.3 Å². The fourth-order valence-corrected chi connectivity index (χ4v) is 3.11. The Morgan fingerprint density at radius 2 is 1.97 bits per heavy atom. The van der Waals surface area contributed by atoms with Gasteiger partial charge in [0.1, 0.15) is 6.04 Å². The number of nitrogens with zero attached hydrogens (tertiary/aromatic N) is 4. The normalized spacial score (nSPS) is 15.1. The lowest BCUT2D eigenvalue weighted by Crippen LogP contribution is -2.46. The maximum Gasteiger partial charge on any atom is 0.255 e. The van der Waals surface area contributed by atoms with Gasteiger partial charge < -0.3 is 4.90 Å². The van der Waals surface area contributed by atoms with Gasteiger partial charge in [-0.3, -0.25) is 35.1 Å². The minimum absolute atomic E-state index is 0.349. The fraction of sp³-hybridized carbons (Fsp3) is 0.333. The molecule has 8 heteroatoms. The lowest BCUT2D eigenvalue weighted by molar-refractivity contribution is -0.125. The summed E-state index contributed by atoms with van der Waals surface area (Å²) in [6.45, 7) is 4.69. The van der Waals surface area contributed by atoms with Gasteiger partial charge in [0.2, 0.25) is 6.41 Å². The second kappa shape index (κ2) is 10.3. The monoisotopic (exact) mass is 392 g/mol. The van der Waals surface area contributed by atoms with E-state index in [1.54, 1.807) is 13.2 Å². The van der Waals surface area contributed by atoms with Gasteiger partial charge in [0.25, 0.3) is 5.91 Å². The van der Waals surface area contributed by atoms with Crippen LogP contribution in [0.15, 0.2) is 42.9 Å². The summed E-state index contributed by atoms with van der Waals surface area (Å²) in [5.74, 6) is 5.23. The van der Waals surface area contributed by atoms with Crippen molar-refractivity contribution in [2.24, 2.45) is 0 Å². The smallest absolute Gasteiger partial charge is 0.255 e. The summed E-state index contributed by atoms with van der Waals surface area (Å²) in [5, 5.41) is 4.85. The van der Waals surface area contributed by atoms with Crippen LogP contribution in [0.2, 0.25) is 0 Å². The van der Waals surface area contributed by atoms with E-state index in [0.717, 1.165) is 44.0 Å². The van der Waals surface area contributed by atoms with Gasteiger partial charge in [-0.2, -0.15) is 0 Å². The van der Waals surface area contributed by atoms with Crippen LogP contribution in [-0.4, -0.2) is 66.5 Å². The highest BCUT2D eigenvalue weighted by molar-refractivity contribution is 5.92. The van der Waals surface area contributed by atoms with Gasteiger partial charge in [-0.25, -0.2) is 0 Å². The summed E-state index contributed by atoms with van der Waals surface area (Å²) in [4.78, 5) is 35.3. The van der Waals surface area contributed by atoms with E-state index in [2.05, 4.69) is 42.2 Å². The van der Waals surface area contributed by atoms with Gasteiger partial charge in [0.15, 0.2) is 0 Å². The summed E-state index contributed by atoms with van der Waals surface area (Å²) in [6.07, 6.45) is 5.70. The Hall–Kier alpha value is -3.28. The molecular weight excluding hydrogens is 368 g/mol. The van der Waals surface area contributed by atoms with E-state index < -0.39 is 11.9 Å². The van der Waals surface area contributed by atoms with Crippen LogP contribution in [0.25, 0.3) is 0 Å². The molecule has 150 valence electrons. The van der Waals surface area contributed by atoms with Gasteiger partial charge in [-0.15, -0.1) is 0 Å². The number of hydrogen-bond acceptors (Lipinski definition) is 7. The van der Waals surface area contributed by atoms with Crippen LogP contribution in [0, 0.1) is 11.8 Å². The molecule has 2 aromatic rings. The molecule has 0 bridgehead atoms. The number of aromatic nitrogens is 2. The van der Waals surface area contributed by atoms with Crippen LogP contribution < -0.4 is 15.5 Å². The molecule has 1 unspecified atom stereocenters. The molecule has 0 spiro atoms. The molecule has 2 N–H and O–H groups in total. The molecule has 1 aliphatic heterocycles. The molecule has 3 rings (SSSR count). The van der Waals surface area contributed by atoms with E-state index in [4.69, 9.17) is 0 Å². The van der Waals surface area contributed by atoms with E-state index in [1.165, 1.54) is 5.69 Å². The molecule has 0 radical (unpaired) electrons. The van der Waals surface area contributed by atoms with Gasteiger partial charge in [0.05, 0.1) is 5.69 Å². The first-order valence-electron chi connectivity index (χ1n) is 9.44. The largest absolute Gasteiger partial charge is 0.369 e. The second-order valence-corrected chi connectivity index (χ2v) is 6.62. The first-order chi connectivity index (χ1) is 14.2. The third kappa shape index (κ3) is 5.85. The summed E-state index contributed by atoms with van der Waals surface area (Å²) in [5.41, 5.74) is 2.91. The molecule has 0 aromatic carbocycles. The zero-order chi connectivity index (χ0) is 20.5. The number of anilines is 1. The van der Waals surface area contributed by atoms with E-state index in [9.17, 15) is 9.59 Å². The van der Waals surface area contributed by atoms with Gasteiger partial charge in [0, 0.05) is 62.6 Å².